The molecule has 0 radical (unpaired) electrons. The van der Waals surface area contributed by atoms with Crippen molar-refractivity contribution < 1.29 is 58.9 Å². The fourth-order valence-electron chi connectivity index (χ4n) is 3.72. The Morgan fingerprint density at radius 2 is 1.90 bits per heavy atom. The Balaban J connectivity index is 2.01. The summed E-state index contributed by atoms with van der Waals surface area (Å²) in [7, 11) is 0. The van der Waals surface area contributed by atoms with Crippen LogP contribution >= 0.6 is 0 Å². The van der Waals surface area contributed by atoms with E-state index >= 15 is 0 Å². The second-order valence-corrected chi connectivity index (χ2v) is 8.84. The summed E-state index contributed by atoms with van der Waals surface area (Å²) in [5.41, 5.74) is 11.3. The van der Waals surface area contributed by atoms with Crippen LogP contribution in [-0.4, -0.2) is 106 Å². The van der Waals surface area contributed by atoms with Crippen LogP contribution in [0.2, 0.25) is 0 Å². The molecule has 0 unspecified atom stereocenters. The predicted molar refractivity (Wildman–Crippen MR) is 144 cm³/mol. The number of phenolic OH excluding ortho intramolecular Hbond substituents is 2. The van der Waals surface area contributed by atoms with E-state index in [-0.39, 0.29) is 31.1 Å². The summed E-state index contributed by atoms with van der Waals surface area (Å²) in [5.74, 6) is -4.64. The fourth-order valence-corrected chi connectivity index (χ4v) is 3.72. The Morgan fingerprint density at radius 1 is 1.19 bits per heavy atom. The van der Waals surface area contributed by atoms with Crippen LogP contribution in [0.3, 0.4) is 0 Å². The smallest absolute Gasteiger partial charge is 0.407 e. The number of carbonyl (C=O) groups is 4. The minimum atomic E-state index is -1.78. The van der Waals surface area contributed by atoms with Crippen LogP contribution in [-0.2, 0) is 28.6 Å². The highest BCUT2D eigenvalue weighted by Crippen LogP contribution is 2.27. The number of guanidine groups is 1. The number of aliphatic hydroxyl groups is 2. The zero-order chi connectivity index (χ0) is 31.4. The highest BCUT2D eigenvalue weighted by atomic mass is 16.6. The molecular formula is C25H33N5O12. The molecule has 1 heterocycles. The first-order valence-corrected chi connectivity index (χ1v) is 12.4. The number of esters is 1. The first kappa shape index (κ1) is 33.2. The molecule has 17 heteroatoms. The van der Waals surface area contributed by atoms with Crippen molar-refractivity contribution in [1.29, 1.82) is 0 Å². The predicted octanol–water partition coefficient (Wildman–Crippen LogP) is -1.99. The number of carboxylic acid groups (broad SMARTS) is 1. The number of amides is 2. The van der Waals surface area contributed by atoms with Crippen molar-refractivity contribution in [1.82, 2.24) is 10.6 Å². The average Bonchev–Trinajstić information content (AvgIpc) is 2.92. The molecule has 0 saturated carbocycles. The SMILES string of the molecule is CC(=O)N[C@H]1[C@H]([C@H](OC(=O)NCCCOC(=O)/C=C/c2ccc(O)c(O)c2)[C@H](O)CO)OC(C(=O)O)=C[C@@H]1N=C(N)N. The van der Waals surface area contributed by atoms with E-state index < -0.39 is 72.7 Å². The number of aliphatic carboxylic acids is 1. The maximum absolute atomic E-state index is 12.5. The van der Waals surface area contributed by atoms with Gasteiger partial charge in [0.15, 0.2) is 29.7 Å². The maximum Gasteiger partial charge on any atom is 0.407 e. The molecule has 1 aromatic carbocycles. The third-order valence-corrected chi connectivity index (χ3v) is 5.57. The second kappa shape index (κ2) is 15.7. The van der Waals surface area contributed by atoms with Crippen LogP contribution in [0, 0.1) is 0 Å². The highest BCUT2D eigenvalue weighted by Gasteiger charge is 2.46. The number of alkyl carbamates (subject to hydrolysis) is 1. The molecule has 230 valence electrons. The van der Waals surface area contributed by atoms with Crippen molar-refractivity contribution in [2.75, 3.05) is 19.8 Å². The minimum absolute atomic E-state index is 0.0683. The van der Waals surface area contributed by atoms with E-state index in [4.69, 9.17) is 25.7 Å². The molecule has 42 heavy (non-hydrogen) atoms. The molecule has 0 fully saturated rings. The number of nitrogens with zero attached hydrogens (tertiary/aromatic N) is 1. The maximum atomic E-state index is 12.5. The number of aliphatic hydroxyl groups excluding tert-OH is 2. The van der Waals surface area contributed by atoms with E-state index in [9.17, 15) is 44.7 Å². The van der Waals surface area contributed by atoms with Crippen molar-refractivity contribution in [3.63, 3.8) is 0 Å². The van der Waals surface area contributed by atoms with E-state index in [2.05, 4.69) is 15.6 Å². The van der Waals surface area contributed by atoms with Crippen LogP contribution in [0.4, 0.5) is 4.79 Å². The number of aliphatic imine (C=N–C) groups is 1. The highest BCUT2D eigenvalue weighted by molar-refractivity contribution is 5.87. The lowest BCUT2D eigenvalue weighted by Gasteiger charge is -2.39. The third-order valence-electron chi connectivity index (χ3n) is 5.57. The van der Waals surface area contributed by atoms with Gasteiger partial charge in [-0.1, -0.05) is 6.07 Å². The molecule has 0 aliphatic carbocycles. The zero-order valence-electron chi connectivity index (χ0n) is 22.4. The van der Waals surface area contributed by atoms with Crippen molar-refractivity contribution >= 4 is 36.0 Å². The number of aromatic hydroxyl groups is 2. The van der Waals surface area contributed by atoms with E-state index in [1.54, 1.807) is 0 Å². The fraction of sp³-hybridized carbons (Fsp3) is 0.400. The van der Waals surface area contributed by atoms with Gasteiger partial charge in [-0.2, -0.15) is 0 Å². The van der Waals surface area contributed by atoms with Crippen LogP contribution in [0.5, 0.6) is 11.5 Å². The number of carboxylic acids is 1. The van der Waals surface area contributed by atoms with Gasteiger partial charge in [0.05, 0.1) is 25.3 Å². The molecule has 2 rings (SSSR count). The Morgan fingerprint density at radius 3 is 2.50 bits per heavy atom. The van der Waals surface area contributed by atoms with Gasteiger partial charge in [0, 0.05) is 19.5 Å². The van der Waals surface area contributed by atoms with Gasteiger partial charge in [-0.3, -0.25) is 4.79 Å². The third kappa shape index (κ3) is 10.2. The summed E-state index contributed by atoms with van der Waals surface area (Å²) in [5, 5.41) is 53.0. The van der Waals surface area contributed by atoms with Gasteiger partial charge in [-0.05, 0) is 36.3 Å². The van der Waals surface area contributed by atoms with Crippen molar-refractivity contribution in [3.05, 3.63) is 41.7 Å². The van der Waals surface area contributed by atoms with Gasteiger partial charge in [-0.25, -0.2) is 19.4 Å². The van der Waals surface area contributed by atoms with Crippen molar-refractivity contribution in [3.8, 4) is 11.5 Å². The molecule has 2 amide bonds. The normalized spacial score (nSPS) is 19.4. The van der Waals surface area contributed by atoms with Gasteiger partial charge in [-0.15, -0.1) is 0 Å². The van der Waals surface area contributed by atoms with Gasteiger partial charge < -0.3 is 61.8 Å². The number of nitrogens with one attached hydrogen (secondary N) is 2. The number of rotatable bonds is 13. The van der Waals surface area contributed by atoms with Crippen LogP contribution < -0.4 is 22.1 Å². The summed E-state index contributed by atoms with van der Waals surface area (Å²) < 4.78 is 15.7. The number of carbonyl (C=O) groups excluding carboxylic acids is 3. The Bertz CT molecular complexity index is 1230. The number of hydrogen-bond donors (Lipinski definition) is 9. The standard InChI is InChI=1S/C25H33N5O12/c1-12(32)29-20-14(30-24(26)27)10-18(23(37)38)41-22(20)21(17(35)11-31)42-25(39)28-7-2-8-40-19(36)6-4-13-3-5-15(33)16(34)9-13/h3-6,9-10,14,17,20-22,31,33-35H,2,7-8,11H2,1H3,(H,28,39)(H,29,32)(H,37,38)(H4,26,27,30)/b6-4+/t14-,17+,20+,21+,22+/m0/s1. The molecule has 17 nitrogen and oxygen atoms in total. The van der Waals surface area contributed by atoms with E-state index in [1.807, 2.05) is 0 Å². The van der Waals surface area contributed by atoms with Gasteiger partial charge >= 0.3 is 18.0 Å². The number of phenols is 2. The molecule has 5 atom stereocenters. The molecule has 0 aromatic heterocycles. The molecule has 0 saturated heterocycles. The first-order chi connectivity index (χ1) is 19.8. The Kier molecular flexibility index (Phi) is 12.4. The van der Waals surface area contributed by atoms with E-state index in [0.29, 0.717) is 5.56 Å². The van der Waals surface area contributed by atoms with Crippen molar-refractivity contribution in [2.45, 2.75) is 43.7 Å². The van der Waals surface area contributed by atoms with Crippen LogP contribution in [0.1, 0.15) is 18.9 Å². The summed E-state index contributed by atoms with van der Waals surface area (Å²) in [6, 6.07) is 1.52. The van der Waals surface area contributed by atoms with Crippen LogP contribution in [0.25, 0.3) is 6.08 Å². The summed E-state index contributed by atoms with van der Waals surface area (Å²) in [6.45, 7) is 0.0281. The quantitative estimate of drug-likeness (QED) is 0.0298. The summed E-state index contributed by atoms with van der Waals surface area (Å²) in [6.07, 6.45) is -2.56. The van der Waals surface area contributed by atoms with Gasteiger partial charge in [0.25, 0.3) is 0 Å². The lowest BCUT2D eigenvalue weighted by Crippen LogP contribution is -2.61. The molecule has 0 bridgehead atoms. The summed E-state index contributed by atoms with van der Waals surface area (Å²) in [4.78, 5) is 51.8. The number of benzene rings is 1. The van der Waals surface area contributed by atoms with E-state index in [1.165, 1.54) is 24.3 Å². The minimum Gasteiger partial charge on any atom is -0.504 e. The Hall–Kier alpha value is -5.03. The molecule has 0 spiro atoms. The number of nitrogens with two attached hydrogens (primary N) is 2. The molecule has 11 N–H and O–H groups in total. The van der Waals surface area contributed by atoms with Crippen LogP contribution in [0.15, 0.2) is 41.1 Å². The first-order valence-electron chi connectivity index (χ1n) is 12.4. The van der Waals surface area contributed by atoms with Gasteiger partial charge in [0.1, 0.15) is 6.10 Å². The number of hydrogen-bond acceptors (Lipinski definition) is 12. The zero-order valence-corrected chi connectivity index (χ0v) is 22.4. The average molecular weight is 596 g/mol. The van der Waals surface area contributed by atoms with E-state index in [0.717, 1.165) is 19.1 Å². The molecule has 1 aliphatic heterocycles. The summed E-state index contributed by atoms with van der Waals surface area (Å²) >= 11 is 0. The van der Waals surface area contributed by atoms with Crippen molar-refractivity contribution in [2.24, 2.45) is 16.5 Å². The Labute approximate surface area is 239 Å². The molecule has 1 aliphatic rings. The van der Waals surface area contributed by atoms with Gasteiger partial charge in [0.2, 0.25) is 11.7 Å². The monoisotopic (exact) mass is 595 g/mol. The largest absolute Gasteiger partial charge is 0.504 e. The molecule has 1 aromatic rings. The molecular weight excluding hydrogens is 562 g/mol. The number of ether oxygens (including phenoxy) is 3. The lowest BCUT2D eigenvalue weighted by atomic mass is 9.92. The lowest BCUT2D eigenvalue weighted by molar-refractivity contribution is -0.146. The second-order valence-electron chi connectivity index (χ2n) is 8.84. The topological polar surface area (TPSA) is 286 Å².